The van der Waals surface area contributed by atoms with Gasteiger partial charge in [0.15, 0.2) is 5.76 Å². The van der Waals surface area contributed by atoms with Gasteiger partial charge in [-0.3, -0.25) is 0 Å². The van der Waals surface area contributed by atoms with Crippen LogP contribution in [0, 0.1) is 0 Å². The van der Waals surface area contributed by atoms with E-state index in [2.05, 4.69) is 11.7 Å². The van der Waals surface area contributed by atoms with Crippen LogP contribution in [0.4, 0.5) is 0 Å². The number of allylic oxidation sites excluding steroid dienone is 5. The average molecular weight is 210 g/mol. The van der Waals surface area contributed by atoms with E-state index in [1.807, 2.05) is 31.2 Å². The Labute approximate surface area is 88.6 Å². The zero-order chi connectivity index (χ0) is 10.4. The third-order valence-electron chi connectivity index (χ3n) is 1.71. The van der Waals surface area contributed by atoms with E-state index in [9.17, 15) is 0 Å². The number of alkyl halides is 1. The summed E-state index contributed by atoms with van der Waals surface area (Å²) >= 11 is 5.61. The topological polar surface area (TPSA) is 26.0 Å². The molecule has 0 unspecified atom stereocenters. The monoisotopic (exact) mass is 209 g/mol. The van der Waals surface area contributed by atoms with Crippen molar-refractivity contribution in [1.29, 1.82) is 0 Å². The number of aromatic nitrogens is 1. The van der Waals surface area contributed by atoms with E-state index in [0.29, 0.717) is 11.6 Å². The normalized spacial score (nSPS) is 12.3. The van der Waals surface area contributed by atoms with Crippen molar-refractivity contribution < 1.29 is 4.52 Å². The van der Waals surface area contributed by atoms with Gasteiger partial charge in [-0.05, 0) is 12.5 Å². The Balaban J connectivity index is 2.90. The fourth-order valence-electron chi connectivity index (χ4n) is 1.01. The first-order valence-corrected chi connectivity index (χ1v) is 4.82. The second-order valence-electron chi connectivity index (χ2n) is 2.65. The lowest BCUT2D eigenvalue weighted by atomic mass is 10.1. The number of rotatable bonds is 4. The minimum atomic E-state index is 0.342. The molecule has 0 amide bonds. The van der Waals surface area contributed by atoms with Gasteiger partial charge in [0.25, 0.3) is 0 Å². The van der Waals surface area contributed by atoms with Gasteiger partial charge in [-0.15, -0.1) is 11.6 Å². The van der Waals surface area contributed by atoms with Crippen molar-refractivity contribution in [3.05, 3.63) is 48.4 Å². The van der Waals surface area contributed by atoms with Crippen molar-refractivity contribution in [2.24, 2.45) is 0 Å². The molecule has 3 heteroatoms. The van der Waals surface area contributed by atoms with Crippen LogP contribution < -0.4 is 0 Å². The molecule has 0 aliphatic rings. The van der Waals surface area contributed by atoms with Crippen molar-refractivity contribution in [3.8, 4) is 0 Å². The number of nitrogens with zero attached hydrogens (tertiary/aromatic N) is 1. The largest absolute Gasteiger partial charge is 0.359 e. The van der Waals surface area contributed by atoms with E-state index < -0.39 is 0 Å². The van der Waals surface area contributed by atoms with Gasteiger partial charge < -0.3 is 4.52 Å². The summed E-state index contributed by atoms with van der Waals surface area (Å²) in [6, 6.07) is 1.83. The Morgan fingerprint density at radius 3 is 3.00 bits per heavy atom. The first kappa shape index (κ1) is 10.8. The molecule has 1 aromatic heterocycles. The second kappa shape index (κ2) is 5.45. The van der Waals surface area contributed by atoms with Gasteiger partial charge in [-0.2, -0.15) is 0 Å². The molecule has 0 spiro atoms. The minimum absolute atomic E-state index is 0.342. The van der Waals surface area contributed by atoms with E-state index in [-0.39, 0.29) is 0 Å². The zero-order valence-corrected chi connectivity index (χ0v) is 8.79. The molecule has 0 saturated carbocycles. The maximum absolute atomic E-state index is 5.61. The smallest absolute Gasteiger partial charge is 0.152 e. The molecule has 0 aliphatic heterocycles. The fourth-order valence-corrected chi connectivity index (χ4v) is 1.14. The molecule has 0 aliphatic carbocycles. The maximum atomic E-state index is 5.61. The summed E-state index contributed by atoms with van der Waals surface area (Å²) in [5.74, 6) is 1.02. The van der Waals surface area contributed by atoms with Crippen LogP contribution in [0.2, 0.25) is 0 Å². The molecular formula is C11H12ClNO. The predicted molar refractivity (Wildman–Crippen MR) is 59.0 cm³/mol. The van der Waals surface area contributed by atoms with Crippen LogP contribution in [0.25, 0.3) is 5.57 Å². The van der Waals surface area contributed by atoms with Crippen molar-refractivity contribution in [2.45, 2.75) is 12.8 Å². The maximum Gasteiger partial charge on any atom is 0.152 e. The minimum Gasteiger partial charge on any atom is -0.359 e. The molecule has 0 bridgehead atoms. The Morgan fingerprint density at radius 1 is 1.71 bits per heavy atom. The predicted octanol–water partition coefficient (Wildman–Crippen LogP) is 3.56. The van der Waals surface area contributed by atoms with Crippen molar-refractivity contribution >= 4 is 17.2 Å². The van der Waals surface area contributed by atoms with Crippen LogP contribution in [0.5, 0.6) is 0 Å². The molecule has 0 N–H and O–H groups in total. The summed E-state index contributed by atoms with van der Waals surface area (Å²) in [5, 5.41) is 3.90. The third kappa shape index (κ3) is 2.60. The van der Waals surface area contributed by atoms with Crippen molar-refractivity contribution in [3.63, 3.8) is 0 Å². The molecule has 1 aromatic rings. The fraction of sp³-hybridized carbons (Fsp3) is 0.182. The molecule has 1 heterocycles. The van der Waals surface area contributed by atoms with E-state index in [1.165, 1.54) is 0 Å². The van der Waals surface area contributed by atoms with Gasteiger partial charge in [0.1, 0.15) is 5.69 Å². The molecule has 74 valence electrons. The lowest BCUT2D eigenvalue weighted by molar-refractivity contribution is 0.393. The van der Waals surface area contributed by atoms with Crippen LogP contribution in [-0.4, -0.2) is 5.16 Å². The van der Waals surface area contributed by atoms with Gasteiger partial charge in [0.05, 0.1) is 5.88 Å². The summed E-state index contributed by atoms with van der Waals surface area (Å²) in [5.41, 5.74) is 1.78. The van der Waals surface area contributed by atoms with Crippen LogP contribution in [-0.2, 0) is 5.88 Å². The molecule has 0 radical (unpaired) electrons. The van der Waals surface area contributed by atoms with E-state index in [0.717, 1.165) is 11.3 Å². The first-order valence-electron chi connectivity index (χ1n) is 4.29. The summed E-state index contributed by atoms with van der Waals surface area (Å²) in [6.07, 6.45) is 7.44. The van der Waals surface area contributed by atoms with E-state index in [4.69, 9.17) is 16.1 Å². The average Bonchev–Trinajstić information content (AvgIpc) is 2.68. The van der Waals surface area contributed by atoms with Crippen molar-refractivity contribution in [2.75, 3.05) is 0 Å². The van der Waals surface area contributed by atoms with Crippen LogP contribution in [0.15, 0.2) is 41.5 Å². The Bertz CT molecular complexity index is 363. The summed E-state index contributed by atoms with van der Waals surface area (Å²) in [4.78, 5) is 0. The second-order valence-corrected chi connectivity index (χ2v) is 2.92. The molecular weight excluding hydrogens is 198 g/mol. The molecule has 0 aromatic carbocycles. The third-order valence-corrected chi connectivity index (χ3v) is 1.97. The number of hydrogen-bond acceptors (Lipinski definition) is 2. The first-order chi connectivity index (χ1) is 6.81. The van der Waals surface area contributed by atoms with Crippen LogP contribution in [0.1, 0.15) is 18.4 Å². The highest BCUT2D eigenvalue weighted by atomic mass is 35.5. The van der Waals surface area contributed by atoms with Gasteiger partial charge in [0.2, 0.25) is 0 Å². The highest BCUT2D eigenvalue weighted by molar-refractivity contribution is 6.16. The Hall–Kier alpha value is -1.28. The lowest BCUT2D eigenvalue weighted by Gasteiger charge is -1.91. The van der Waals surface area contributed by atoms with Crippen molar-refractivity contribution in [1.82, 2.24) is 5.16 Å². The Morgan fingerprint density at radius 2 is 2.50 bits per heavy atom. The van der Waals surface area contributed by atoms with Gasteiger partial charge in [-0.1, -0.05) is 36.0 Å². The summed E-state index contributed by atoms with van der Waals surface area (Å²) < 4.78 is 4.99. The van der Waals surface area contributed by atoms with Gasteiger partial charge in [0, 0.05) is 6.07 Å². The lowest BCUT2D eigenvalue weighted by Crippen LogP contribution is -1.78. The highest BCUT2D eigenvalue weighted by Gasteiger charge is 2.04. The molecule has 0 fully saturated rings. The van der Waals surface area contributed by atoms with Gasteiger partial charge in [-0.25, -0.2) is 0 Å². The molecule has 14 heavy (non-hydrogen) atoms. The molecule has 0 atom stereocenters. The SMILES string of the molecule is C=C/C=C\C(=C/C)c1cc(CCl)on1. The quantitative estimate of drug-likeness (QED) is 0.560. The number of hydrogen-bond donors (Lipinski definition) is 0. The highest BCUT2D eigenvalue weighted by Crippen LogP contribution is 2.16. The van der Waals surface area contributed by atoms with E-state index in [1.54, 1.807) is 6.08 Å². The molecule has 2 nitrogen and oxygen atoms in total. The summed E-state index contributed by atoms with van der Waals surface area (Å²) in [6.45, 7) is 5.55. The zero-order valence-electron chi connectivity index (χ0n) is 8.03. The van der Waals surface area contributed by atoms with E-state index >= 15 is 0 Å². The van der Waals surface area contributed by atoms with Crippen LogP contribution >= 0.6 is 11.6 Å². The standard InChI is InChI=1S/C11H12ClNO/c1-3-5-6-9(4-2)11-7-10(8-12)14-13-11/h3-7H,1,8H2,2H3/b6-5-,9-4+. The summed E-state index contributed by atoms with van der Waals surface area (Å²) in [7, 11) is 0. The van der Waals surface area contributed by atoms with Crippen LogP contribution in [0.3, 0.4) is 0 Å². The Kier molecular flexibility index (Phi) is 4.20. The molecule has 0 saturated heterocycles. The molecule has 1 rings (SSSR count). The number of halogens is 1. The van der Waals surface area contributed by atoms with Gasteiger partial charge >= 0.3 is 0 Å².